The molecule has 5 aromatic rings. The number of rotatable bonds is 8. The second-order valence-electron chi connectivity index (χ2n) is 8.02. The van der Waals surface area contributed by atoms with Crippen LogP contribution in [-0.4, -0.2) is 21.0 Å². The Bertz CT molecular complexity index is 1640. The van der Waals surface area contributed by atoms with Gasteiger partial charge in [-0.15, -0.1) is 11.3 Å². The monoisotopic (exact) mass is 531 g/mol. The maximum Gasteiger partial charge on any atom is 0.328 e. The Kier molecular flexibility index (Phi) is 7.11. The van der Waals surface area contributed by atoms with Crippen LogP contribution in [0, 0.1) is 5.82 Å². The first kappa shape index (κ1) is 24.4. The van der Waals surface area contributed by atoms with Gasteiger partial charge >= 0.3 is 5.97 Å². The first-order valence-corrected chi connectivity index (χ1v) is 12.3. The van der Waals surface area contributed by atoms with E-state index in [1.54, 1.807) is 30.3 Å². The molecular weight excluding hydrogens is 513 g/mol. The second-order valence-corrected chi connectivity index (χ2v) is 9.54. The summed E-state index contributed by atoms with van der Waals surface area (Å²) in [6.45, 7) is 0.195. The maximum absolute atomic E-state index is 13.4. The minimum absolute atomic E-state index is 0.195. The van der Waals surface area contributed by atoms with Crippen molar-refractivity contribution in [3.8, 4) is 16.2 Å². The number of hydrogen-bond acceptors (Lipinski definition) is 6. The molecule has 0 aliphatic carbocycles. The first-order valence-electron chi connectivity index (χ1n) is 11.1. The van der Waals surface area contributed by atoms with Gasteiger partial charge < -0.3 is 15.2 Å². The molecule has 2 N–H and O–H groups in total. The molecule has 9 heteroatoms. The number of nitrogens with zero attached hydrogens (tertiary/aromatic N) is 2. The summed E-state index contributed by atoms with van der Waals surface area (Å²) in [7, 11) is 0. The Morgan fingerprint density at radius 3 is 2.78 bits per heavy atom. The van der Waals surface area contributed by atoms with Crippen LogP contribution in [0.25, 0.3) is 27.4 Å². The molecule has 0 atom stereocenters. The number of halogens is 2. The largest absolute Gasteiger partial charge is 0.487 e. The second kappa shape index (κ2) is 10.8. The van der Waals surface area contributed by atoms with Crippen molar-refractivity contribution in [3.05, 3.63) is 106 Å². The number of aliphatic carboxylic acids is 1. The van der Waals surface area contributed by atoms with E-state index in [0.717, 1.165) is 32.3 Å². The normalized spacial score (nSPS) is 11.2. The van der Waals surface area contributed by atoms with Crippen LogP contribution in [0.1, 0.15) is 10.4 Å². The van der Waals surface area contributed by atoms with E-state index in [1.807, 2.05) is 36.4 Å². The lowest BCUT2D eigenvalue weighted by Gasteiger charge is -2.12. The highest BCUT2D eigenvalue weighted by Gasteiger charge is 2.10. The molecular formula is C28H19ClFN3O3S. The quantitative estimate of drug-likeness (QED) is 0.201. The molecule has 0 amide bonds. The third-order valence-corrected chi connectivity index (χ3v) is 6.81. The van der Waals surface area contributed by atoms with Gasteiger partial charge in [-0.2, -0.15) is 0 Å². The van der Waals surface area contributed by atoms with E-state index in [2.05, 4.69) is 15.3 Å². The zero-order chi connectivity index (χ0) is 25.8. The van der Waals surface area contributed by atoms with Gasteiger partial charge in [-0.1, -0.05) is 29.8 Å². The van der Waals surface area contributed by atoms with E-state index in [4.69, 9.17) is 21.4 Å². The Morgan fingerprint density at radius 1 is 1.08 bits per heavy atom. The van der Waals surface area contributed by atoms with E-state index in [9.17, 15) is 9.18 Å². The topological polar surface area (TPSA) is 84.3 Å². The van der Waals surface area contributed by atoms with Crippen LogP contribution in [-0.2, 0) is 11.4 Å². The van der Waals surface area contributed by atoms with Gasteiger partial charge in [-0.05, 0) is 71.8 Å². The summed E-state index contributed by atoms with van der Waals surface area (Å²) in [5, 5.41) is 13.4. The van der Waals surface area contributed by atoms with E-state index >= 15 is 0 Å². The Hall–Kier alpha value is -4.27. The van der Waals surface area contributed by atoms with Gasteiger partial charge in [0.15, 0.2) is 0 Å². The zero-order valence-electron chi connectivity index (χ0n) is 19.2. The lowest BCUT2D eigenvalue weighted by Crippen LogP contribution is -1.98. The van der Waals surface area contributed by atoms with Gasteiger partial charge in [0.25, 0.3) is 0 Å². The number of carbonyl (C=O) groups is 1. The third-order valence-electron chi connectivity index (χ3n) is 5.41. The molecule has 0 aliphatic rings. The molecule has 0 saturated heterocycles. The smallest absolute Gasteiger partial charge is 0.328 e. The van der Waals surface area contributed by atoms with E-state index < -0.39 is 5.97 Å². The molecule has 0 bridgehead atoms. The number of ether oxygens (including phenoxy) is 1. The van der Waals surface area contributed by atoms with Crippen molar-refractivity contribution in [2.24, 2.45) is 0 Å². The summed E-state index contributed by atoms with van der Waals surface area (Å²) < 4.78 is 19.2. The number of nitrogens with one attached hydrogen (secondary N) is 1. The fourth-order valence-corrected chi connectivity index (χ4v) is 4.82. The van der Waals surface area contributed by atoms with Crippen molar-refractivity contribution in [2.75, 3.05) is 5.32 Å². The number of carboxylic acids is 1. The Balaban J connectivity index is 1.36. The lowest BCUT2D eigenvalue weighted by atomic mass is 10.1. The highest BCUT2D eigenvalue weighted by molar-refractivity contribution is 7.16. The minimum Gasteiger partial charge on any atom is -0.487 e. The van der Waals surface area contributed by atoms with Gasteiger partial charge in [0.2, 0.25) is 0 Å². The minimum atomic E-state index is -0.986. The van der Waals surface area contributed by atoms with Crippen molar-refractivity contribution in [1.82, 2.24) is 9.97 Å². The lowest BCUT2D eigenvalue weighted by molar-refractivity contribution is -0.131. The Labute approximate surface area is 220 Å². The maximum atomic E-state index is 13.4. The summed E-state index contributed by atoms with van der Waals surface area (Å²) in [6, 6.07) is 21.2. The standard InChI is InChI=1S/C28H19ClFN3O3S/c29-23-14-20(5-9-25(23)36-15-17-2-1-3-19(30)12-17)33-28-22-13-18(4-8-24(22)31-16-32-28)26-10-6-21(37-26)7-11-27(34)35/h1-14,16H,15H2,(H,34,35)(H,31,32,33). The van der Waals surface area contributed by atoms with Crippen molar-refractivity contribution in [3.63, 3.8) is 0 Å². The summed E-state index contributed by atoms with van der Waals surface area (Å²) in [5.74, 6) is -0.211. The molecule has 3 aromatic carbocycles. The summed E-state index contributed by atoms with van der Waals surface area (Å²) >= 11 is 7.94. The highest BCUT2D eigenvalue weighted by atomic mass is 35.5. The number of hydrogen-bond donors (Lipinski definition) is 2. The van der Waals surface area contributed by atoms with Gasteiger partial charge in [-0.3, -0.25) is 0 Å². The van der Waals surface area contributed by atoms with Crippen LogP contribution in [0.4, 0.5) is 15.9 Å². The van der Waals surface area contributed by atoms with Gasteiger partial charge in [0.1, 0.15) is 30.3 Å². The highest BCUT2D eigenvalue weighted by Crippen LogP contribution is 2.34. The molecule has 0 radical (unpaired) electrons. The molecule has 0 saturated carbocycles. The molecule has 0 aliphatic heterocycles. The van der Waals surface area contributed by atoms with Crippen molar-refractivity contribution in [2.45, 2.75) is 6.61 Å². The molecule has 6 nitrogen and oxygen atoms in total. The summed E-state index contributed by atoms with van der Waals surface area (Å²) in [4.78, 5) is 21.4. The molecule has 5 rings (SSSR count). The van der Waals surface area contributed by atoms with Crippen LogP contribution in [0.3, 0.4) is 0 Å². The Morgan fingerprint density at radius 2 is 1.97 bits per heavy atom. The predicted molar refractivity (Wildman–Crippen MR) is 145 cm³/mol. The number of anilines is 2. The zero-order valence-corrected chi connectivity index (χ0v) is 20.8. The first-order chi connectivity index (χ1) is 17.9. The van der Waals surface area contributed by atoms with Crippen molar-refractivity contribution >= 4 is 57.4 Å². The van der Waals surface area contributed by atoms with Crippen LogP contribution >= 0.6 is 22.9 Å². The SMILES string of the molecule is O=C(O)C=Cc1ccc(-c2ccc3ncnc(Nc4ccc(OCc5cccc(F)c5)c(Cl)c4)c3c2)s1. The van der Waals surface area contributed by atoms with Crippen LogP contribution in [0.15, 0.2) is 85.2 Å². The van der Waals surface area contributed by atoms with Gasteiger partial charge in [-0.25, -0.2) is 19.2 Å². The summed E-state index contributed by atoms with van der Waals surface area (Å²) in [6.07, 6.45) is 4.18. The molecule has 0 spiro atoms. The average molecular weight is 532 g/mol. The predicted octanol–water partition coefficient (Wildman–Crippen LogP) is 7.57. The molecule has 2 aromatic heterocycles. The number of benzene rings is 3. The van der Waals surface area contributed by atoms with E-state index in [0.29, 0.717) is 27.8 Å². The number of fused-ring (bicyclic) bond motifs is 1. The van der Waals surface area contributed by atoms with Gasteiger partial charge in [0, 0.05) is 26.9 Å². The van der Waals surface area contributed by atoms with Crippen LogP contribution < -0.4 is 10.1 Å². The van der Waals surface area contributed by atoms with Crippen molar-refractivity contribution in [1.29, 1.82) is 0 Å². The fraction of sp³-hybridized carbons (Fsp3) is 0.0357. The van der Waals surface area contributed by atoms with E-state index in [-0.39, 0.29) is 12.4 Å². The van der Waals surface area contributed by atoms with Crippen molar-refractivity contribution < 1.29 is 19.0 Å². The van der Waals surface area contributed by atoms with Gasteiger partial charge in [0.05, 0.1) is 10.5 Å². The van der Waals surface area contributed by atoms with Crippen LogP contribution in [0.2, 0.25) is 5.02 Å². The number of thiophene rings is 1. The third kappa shape index (κ3) is 5.94. The molecule has 184 valence electrons. The number of carboxylic acid groups (broad SMARTS) is 1. The number of aromatic nitrogens is 2. The molecule has 0 fully saturated rings. The summed E-state index contributed by atoms with van der Waals surface area (Å²) in [5.41, 5.74) is 3.15. The van der Waals surface area contributed by atoms with E-state index in [1.165, 1.54) is 29.8 Å². The molecule has 2 heterocycles. The van der Waals surface area contributed by atoms with Crippen LogP contribution in [0.5, 0.6) is 5.75 Å². The molecule has 0 unspecified atom stereocenters. The molecule has 37 heavy (non-hydrogen) atoms. The average Bonchev–Trinajstić information content (AvgIpc) is 3.36. The fourth-order valence-electron chi connectivity index (χ4n) is 3.68.